The first-order valence-corrected chi connectivity index (χ1v) is 8.68. The molecule has 0 saturated carbocycles. The SMILES string of the molecule is COc1ccc2[nH]c(C)c(CCNC(=O)COc3ccc(C)cc3)c2c1. The van der Waals surface area contributed by atoms with Gasteiger partial charge in [-0.05, 0) is 56.2 Å². The molecular weight excluding hydrogens is 328 g/mol. The maximum atomic E-state index is 12.0. The summed E-state index contributed by atoms with van der Waals surface area (Å²) in [6.45, 7) is 4.63. The van der Waals surface area contributed by atoms with E-state index < -0.39 is 0 Å². The highest BCUT2D eigenvalue weighted by Crippen LogP contribution is 2.26. The van der Waals surface area contributed by atoms with Crippen LogP contribution in [0, 0.1) is 13.8 Å². The van der Waals surface area contributed by atoms with Gasteiger partial charge in [0, 0.05) is 23.1 Å². The number of aromatic nitrogens is 1. The number of aromatic amines is 1. The normalized spacial score (nSPS) is 10.7. The quantitative estimate of drug-likeness (QED) is 0.684. The lowest BCUT2D eigenvalue weighted by molar-refractivity contribution is -0.123. The zero-order chi connectivity index (χ0) is 18.5. The highest BCUT2D eigenvalue weighted by atomic mass is 16.5. The largest absolute Gasteiger partial charge is 0.497 e. The van der Waals surface area contributed by atoms with Crippen LogP contribution in [-0.4, -0.2) is 31.2 Å². The molecule has 1 amide bonds. The number of fused-ring (bicyclic) bond motifs is 1. The maximum absolute atomic E-state index is 12.0. The van der Waals surface area contributed by atoms with Crippen LogP contribution in [0.5, 0.6) is 11.5 Å². The minimum absolute atomic E-state index is 0.0176. The second kappa shape index (κ2) is 7.95. The molecule has 5 nitrogen and oxygen atoms in total. The van der Waals surface area contributed by atoms with E-state index >= 15 is 0 Å². The Hall–Kier alpha value is -2.95. The summed E-state index contributed by atoms with van der Waals surface area (Å²) in [6, 6.07) is 13.6. The Morgan fingerprint density at radius 1 is 1.08 bits per heavy atom. The lowest BCUT2D eigenvalue weighted by atomic mass is 10.1. The number of H-pyrrole nitrogens is 1. The van der Waals surface area contributed by atoms with Crippen LogP contribution in [0.3, 0.4) is 0 Å². The summed E-state index contributed by atoms with van der Waals surface area (Å²) < 4.78 is 10.8. The Morgan fingerprint density at radius 2 is 1.81 bits per heavy atom. The number of methoxy groups -OCH3 is 1. The number of amides is 1. The first-order valence-electron chi connectivity index (χ1n) is 8.68. The standard InChI is InChI=1S/C21H24N2O3/c1-14-4-6-16(7-5-14)26-13-21(24)22-11-10-18-15(2)23-20-9-8-17(25-3)12-19(18)20/h4-9,12,23H,10-11,13H2,1-3H3,(H,22,24). The van der Waals surface area contributed by atoms with E-state index in [2.05, 4.69) is 10.3 Å². The Kier molecular flexibility index (Phi) is 5.46. The Balaban J connectivity index is 1.54. The fraction of sp³-hybridized carbons (Fsp3) is 0.286. The predicted octanol–water partition coefficient (Wildman–Crippen LogP) is 3.53. The van der Waals surface area contributed by atoms with Crippen molar-refractivity contribution >= 4 is 16.8 Å². The van der Waals surface area contributed by atoms with Gasteiger partial charge >= 0.3 is 0 Å². The molecule has 0 saturated heterocycles. The van der Waals surface area contributed by atoms with Crippen LogP contribution in [0.15, 0.2) is 42.5 Å². The zero-order valence-corrected chi connectivity index (χ0v) is 15.4. The molecule has 0 spiro atoms. The molecule has 0 atom stereocenters. The second-order valence-electron chi connectivity index (χ2n) is 6.34. The highest BCUT2D eigenvalue weighted by Gasteiger charge is 2.10. The number of hydrogen-bond acceptors (Lipinski definition) is 3. The monoisotopic (exact) mass is 352 g/mol. The van der Waals surface area contributed by atoms with Gasteiger partial charge in [0.15, 0.2) is 6.61 Å². The van der Waals surface area contributed by atoms with Crippen molar-refractivity contribution in [2.45, 2.75) is 20.3 Å². The molecule has 0 radical (unpaired) electrons. The van der Waals surface area contributed by atoms with Crippen molar-refractivity contribution in [1.29, 1.82) is 0 Å². The molecule has 1 heterocycles. The van der Waals surface area contributed by atoms with Crippen molar-refractivity contribution in [3.8, 4) is 11.5 Å². The summed E-state index contributed by atoms with van der Waals surface area (Å²) in [6.07, 6.45) is 0.745. The molecule has 0 unspecified atom stereocenters. The third-order valence-corrected chi connectivity index (χ3v) is 4.41. The van der Waals surface area contributed by atoms with Crippen LogP contribution in [0.25, 0.3) is 10.9 Å². The van der Waals surface area contributed by atoms with E-state index in [9.17, 15) is 4.79 Å². The predicted molar refractivity (Wildman–Crippen MR) is 103 cm³/mol. The molecule has 2 N–H and O–H groups in total. The number of aryl methyl sites for hydroxylation is 2. The summed E-state index contributed by atoms with van der Waals surface area (Å²) >= 11 is 0. The van der Waals surface area contributed by atoms with Gasteiger partial charge < -0.3 is 19.8 Å². The molecule has 3 rings (SSSR count). The van der Waals surface area contributed by atoms with E-state index in [1.165, 1.54) is 5.56 Å². The van der Waals surface area contributed by atoms with E-state index in [-0.39, 0.29) is 12.5 Å². The van der Waals surface area contributed by atoms with Crippen LogP contribution in [0.4, 0.5) is 0 Å². The lowest BCUT2D eigenvalue weighted by Crippen LogP contribution is -2.30. The van der Waals surface area contributed by atoms with Gasteiger partial charge in [0.2, 0.25) is 0 Å². The van der Waals surface area contributed by atoms with E-state index in [1.807, 2.05) is 56.3 Å². The number of hydrogen-bond donors (Lipinski definition) is 2. The number of nitrogens with one attached hydrogen (secondary N) is 2. The molecule has 0 aliphatic carbocycles. The topological polar surface area (TPSA) is 63.3 Å². The number of benzene rings is 2. The summed E-state index contributed by atoms with van der Waals surface area (Å²) in [5, 5.41) is 4.05. The highest BCUT2D eigenvalue weighted by molar-refractivity contribution is 5.86. The number of rotatable bonds is 7. The van der Waals surface area contributed by atoms with Crippen molar-refractivity contribution in [3.05, 3.63) is 59.3 Å². The zero-order valence-electron chi connectivity index (χ0n) is 15.4. The molecule has 0 bridgehead atoms. The molecule has 26 heavy (non-hydrogen) atoms. The van der Waals surface area contributed by atoms with Crippen LogP contribution in [-0.2, 0) is 11.2 Å². The van der Waals surface area contributed by atoms with Crippen LogP contribution >= 0.6 is 0 Å². The van der Waals surface area contributed by atoms with Crippen molar-refractivity contribution in [2.75, 3.05) is 20.3 Å². The molecule has 0 fully saturated rings. The van der Waals surface area contributed by atoms with E-state index in [4.69, 9.17) is 9.47 Å². The molecule has 0 aliphatic heterocycles. The fourth-order valence-corrected chi connectivity index (χ4v) is 2.97. The van der Waals surface area contributed by atoms with Gasteiger partial charge in [0.1, 0.15) is 11.5 Å². The molecule has 1 aromatic heterocycles. The molecule has 2 aromatic carbocycles. The van der Waals surface area contributed by atoms with Crippen molar-refractivity contribution < 1.29 is 14.3 Å². The number of carbonyl (C=O) groups excluding carboxylic acids is 1. The van der Waals surface area contributed by atoms with Crippen molar-refractivity contribution in [1.82, 2.24) is 10.3 Å². The molecule has 136 valence electrons. The smallest absolute Gasteiger partial charge is 0.257 e. The van der Waals surface area contributed by atoms with Crippen LogP contribution in [0.1, 0.15) is 16.8 Å². The van der Waals surface area contributed by atoms with Gasteiger partial charge in [-0.15, -0.1) is 0 Å². The van der Waals surface area contributed by atoms with Crippen molar-refractivity contribution in [3.63, 3.8) is 0 Å². The van der Waals surface area contributed by atoms with Gasteiger partial charge in [-0.2, -0.15) is 0 Å². The fourth-order valence-electron chi connectivity index (χ4n) is 2.97. The third-order valence-electron chi connectivity index (χ3n) is 4.41. The summed E-state index contributed by atoms with van der Waals surface area (Å²) in [5.74, 6) is 1.40. The third kappa shape index (κ3) is 4.17. The summed E-state index contributed by atoms with van der Waals surface area (Å²) in [7, 11) is 1.66. The Labute approximate surface area is 153 Å². The van der Waals surface area contributed by atoms with Crippen LogP contribution in [0.2, 0.25) is 0 Å². The first-order chi connectivity index (χ1) is 12.6. The average molecular weight is 352 g/mol. The first kappa shape index (κ1) is 17.9. The minimum Gasteiger partial charge on any atom is -0.497 e. The van der Waals surface area contributed by atoms with Gasteiger partial charge in [-0.1, -0.05) is 17.7 Å². The lowest BCUT2D eigenvalue weighted by Gasteiger charge is -2.08. The van der Waals surface area contributed by atoms with E-state index in [0.717, 1.165) is 34.3 Å². The van der Waals surface area contributed by atoms with Gasteiger partial charge in [0.25, 0.3) is 5.91 Å². The maximum Gasteiger partial charge on any atom is 0.257 e. The average Bonchev–Trinajstić information content (AvgIpc) is 2.96. The van der Waals surface area contributed by atoms with E-state index in [1.54, 1.807) is 7.11 Å². The Bertz CT molecular complexity index is 898. The summed E-state index contributed by atoms with van der Waals surface area (Å²) in [4.78, 5) is 15.4. The van der Waals surface area contributed by atoms with Gasteiger partial charge in [0.05, 0.1) is 7.11 Å². The van der Waals surface area contributed by atoms with Gasteiger partial charge in [-0.25, -0.2) is 0 Å². The van der Waals surface area contributed by atoms with Crippen molar-refractivity contribution in [2.24, 2.45) is 0 Å². The molecule has 3 aromatic rings. The second-order valence-corrected chi connectivity index (χ2v) is 6.34. The van der Waals surface area contributed by atoms with E-state index in [0.29, 0.717) is 12.3 Å². The van der Waals surface area contributed by atoms with Gasteiger partial charge in [-0.3, -0.25) is 4.79 Å². The number of ether oxygens (including phenoxy) is 2. The Morgan fingerprint density at radius 3 is 2.54 bits per heavy atom. The summed E-state index contributed by atoms with van der Waals surface area (Å²) in [5.41, 5.74) is 4.54. The molecule has 0 aliphatic rings. The minimum atomic E-state index is -0.124. The molecule has 5 heteroatoms. The number of carbonyl (C=O) groups is 1. The molecular formula is C21H24N2O3. The van der Waals surface area contributed by atoms with Crippen LogP contribution < -0.4 is 14.8 Å².